The van der Waals surface area contributed by atoms with Crippen molar-refractivity contribution in [2.75, 3.05) is 39.4 Å². The molecule has 2 aromatic carbocycles. The molecule has 0 saturated carbocycles. The zero-order chi connectivity index (χ0) is 42.9. The Balaban J connectivity index is 0.000000181. The predicted molar refractivity (Wildman–Crippen MR) is 219 cm³/mol. The maximum Gasteiger partial charge on any atom is 0.269 e. The van der Waals surface area contributed by atoms with E-state index in [-0.39, 0.29) is 11.4 Å². The van der Waals surface area contributed by atoms with E-state index >= 15 is 0 Å². The molecule has 60 heavy (non-hydrogen) atoms. The van der Waals surface area contributed by atoms with Crippen LogP contribution in [0.1, 0.15) is 84.0 Å². The third kappa shape index (κ3) is 9.80. The average molecular weight is 825 g/mol. The summed E-state index contributed by atoms with van der Waals surface area (Å²) in [5, 5.41) is 19.8. The Morgan fingerprint density at radius 2 is 1.12 bits per heavy atom. The quantitative estimate of drug-likeness (QED) is 0.210. The standard InChI is InChI=1S/2C22H25FN4O3/c2*1-22(2,29)7-5-14-3-4-18-16(11-14)21-25-19(20(24)28)17(27(21)9-10-30-18)13-26-8-6-15(23)12-26/h2*3-4,11,15,29H,6,8-10,12-13H2,1-2H3,(H2,24,28)/t2*15-/m10/s1. The van der Waals surface area contributed by atoms with Crippen molar-refractivity contribution < 1.29 is 38.1 Å². The van der Waals surface area contributed by atoms with E-state index in [0.29, 0.717) is 135 Å². The number of carbonyl (C=O) groups excluding carboxylic acids is 2. The summed E-state index contributed by atoms with van der Waals surface area (Å²) in [7, 11) is 0. The van der Waals surface area contributed by atoms with Gasteiger partial charge in [-0.3, -0.25) is 19.4 Å². The number of aromatic nitrogens is 4. The number of hydrogen-bond donors (Lipinski definition) is 4. The van der Waals surface area contributed by atoms with Crippen LogP contribution in [-0.4, -0.2) is 114 Å². The summed E-state index contributed by atoms with van der Waals surface area (Å²) in [5.74, 6) is 12.7. The van der Waals surface area contributed by atoms with Crippen LogP contribution in [0.2, 0.25) is 0 Å². The molecule has 6 N–H and O–H groups in total. The fraction of sp³-hybridized carbons (Fsp3) is 0.455. The molecule has 14 nitrogen and oxygen atoms in total. The van der Waals surface area contributed by atoms with E-state index in [4.69, 9.17) is 20.9 Å². The lowest BCUT2D eigenvalue weighted by atomic mass is 10.1. The first kappa shape index (κ1) is 42.3. The summed E-state index contributed by atoms with van der Waals surface area (Å²) in [5.41, 5.74) is 13.6. The number of rotatable bonds is 6. The number of ether oxygens (including phenoxy) is 2. The van der Waals surface area contributed by atoms with Gasteiger partial charge in [-0.05, 0) is 76.9 Å². The summed E-state index contributed by atoms with van der Waals surface area (Å²) in [6, 6.07) is 10.9. The molecule has 8 rings (SSSR count). The molecule has 2 atom stereocenters. The lowest BCUT2D eigenvalue weighted by Gasteiger charge is -2.17. The zero-order valence-corrected chi connectivity index (χ0v) is 34.2. The number of nitrogens with two attached hydrogens (primary N) is 2. The number of carbonyl (C=O) groups is 2. The number of alkyl halides is 2. The molecule has 0 spiro atoms. The topological polar surface area (TPSA) is 187 Å². The number of amides is 2. The minimum atomic E-state index is -1.11. The van der Waals surface area contributed by atoms with Crippen LogP contribution in [0, 0.1) is 23.7 Å². The van der Waals surface area contributed by atoms with Gasteiger partial charge in [0.25, 0.3) is 11.8 Å². The van der Waals surface area contributed by atoms with Gasteiger partial charge in [-0.25, -0.2) is 18.7 Å². The summed E-state index contributed by atoms with van der Waals surface area (Å²) >= 11 is 0. The van der Waals surface area contributed by atoms with Crippen LogP contribution in [0.3, 0.4) is 0 Å². The van der Waals surface area contributed by atoms with Gasteiger partial charge in [-0.2, -0.15) is 0 Å². The van der Waals surface area contributed by atoms with Crippen molar-refractivity contribution in [3.63, 3.8) is 0 Å². The molecule has 0 bridgehead atoms. The first-order valence-electron chi connectivity index (χ1n) is 20.0. The van der Waals surface area contributed by atoms with Crippen LogP contribution in [0.4, 0.5) is 8.78 Å². The molecular weight excluding hydrogens is 775 g/mol. The SMILES string of the molecule is CC(C)(O)C#Cc1ccc2c(c1)-c1nc(C(N)=O)c(CN3CC[C@@H](F)C3)n1CCO2.CC(C)(O)C#Cc1ccc2c(c1)-c1nc(C(N)=O)c(CN3CC[C@H](F)C3)n1CCO2. The molecule has 2 saturated heterocycles. The molecule has 16 heteroatoms. The monoisotopic (exact) mass is 824 g/mol. The molecule has 316 valence electrons. The molecule has 0 unspecified atom stereocenters. The fourth-order valence-electron chi connectivity index (χ4n) is 7.62. The number of aliphatic hydroxyl groups is 2. The Hall–Kier alpha value is -5.78. The van der Waals surface area contributed by atoms with Gasteiger partial charge >= 0.3 is 0 Å². The second kappa shape index (κ2) is 17.1. The normalized spacial score (nSPS) is 18.6. The Morgan fingerprint density at radius 3 is 1.45 bits per heavy atom. The van der Waals surface area contributed by atoms with Gasteiger partial charge in [0.15, 0.2) is 11.4 Å². The maximum atomic E-state index is 13.7. The highest BCUT2D eigenvalue weighted by Crippen LogP contribution is 2.36. The number of hydrogen-bond acceptors (Lipinski definition) is 10. The van der Waals surface area contributed by atoms with Crippen LogP contribution in [-0.2, 0) is 26.2 Å². The average Bonchev–Trinajstić information content (AvgIpc) is 3.91. The molecule has 4 aromatic rings. The third-order valence-electron chi connectivity index (χ3n) is 10.4. The molecular formula is C44H50F2N8O6. The van der Waals surface area contributed by atoms with Crippen LogP contribution in [0.5, 0.6) is 11.5 Å². The largest absolute Gasteiger partial charge is 0.491 e. The second-order valence-corrected chi connectivity index (χ2v) is 16.5. The minimum Gasteiger partial charge on any atom is -0.491 e. The third-order valence-corrected chi connectivity index (χ3v) is 10.4. The molecule has 2 fully saturated rings. The molecule has 4 aliphatic rings. The first-order chi connectivity index (χ1) is 28.4. The molecule has 0 aliphatic carbocycles. The highest BCUT2D eigenvalue weighted by atomic mass is 19.1. The van der Waals surface area contributed by atoms with Crippen molar-refractivity contribution in [2.24, 2.45) is 11.5 Å². The zero-order valence-electron chi connectivity index (χ0n) is 34.2. The summed E-state index contributed by atoms with van der Waals surface area (Å²) in [6.45, 7) is 11.0. The van der Waals surface area contributed by atoms with E-state index in [1.165, 1.54) is 0 Å². The second-order valence-electron chi connectivity index (χ2n) is 16.5. The van der Waals surface area contributed by atoms with Crippen LogP contribution in [0.25, 0.3) is 22.8 Å². The van der Waals surface area contributed by atoms with Crippen molar-refractivity contribution in [1.29, 1.82) is 0 Å². The van der Waals surface area contributed by atoms with E-state index in [9.17, 15) is 28.6 Å². The van der Waals surface area contributed by atoms with Crippen LogP contribution < -0.4 is 20.9 Å². The number of likely N-dealkylation sites (tertiary alicyclic amines) is 2. The van der Waals surface area contributed by atoms with Crippen LogP contribution in [0.15, 0.2) is 36.4 Å². The lowest BCUT2D eigenvalue weighted by Crippen LogP contribution is -2.25. The lowest BCUT2D eigenvalue weighted by molar-refractivity contribution is 0.0985. The smallest absolute Gasteiger partial charge is 0.269 e. The van der Waals surface area contributed by atoms with Gasteiger partial charge in [0.2, 0.25) is 0 Å². The fourth-order valence-corrected chi connectivity index (χ4v) is 7.62. The highest BCUT2D eigenvalue weighted by molar-refractivity contribution is 5.94. The first-order valence-corrected chi connectivity index (χ1v) is 20.0. The molecule has 6 heterocycles. The Labute approximate surface area is 347 Å². The van der Waals surface area contributed by atoms with Crippen molar-refractivity contribution >= 4 is 11.8 Å². The van der Waals surface area contributed by atoms with Crippen LogP contribution >= 0.6 is 0 Å². The Kier molecular flexibility index (Phi) is 12.0. The molecule has 2 amide bonds. The van der Waals surface area contributed by atoms with Crippen molar-refractivity contribution in [3.05, 3.63) is 70.3 Å². The van der Waals surface area contributed by atoms with Crippen molar-refractivity contribution in [3.8, 4) is 58.0 Å². The summed E-state index contributed by atoms with van der Waals surface area (Å²) < 4.78 is 43.0. The molecule has 2 aromatic heterocycles. The predicted octanol–water partition coefficient (Wildman–Crippen LogP) is 3.42. The van der Waals surface area contributed by atoms with Crippen molar-refractivity contribution in [1.82, 2.24) is 28.9 Å². The number of benzene rings is 2. The minimum absolute atomic E-state index is 0.202. The van der Waals surface area contributed by atoms with E-state index in [2.05, 4.69) is 33.6 Å². The number of imidazole rings is 2. The number of nitrogens with zero attached hydrogens (tertiary/aromatic N) is 6. The van der Waals surface area contributed by atoms with Gasteiger partial charge in [0, 0.05) is 50.4 Å². The van der Waals surface area contributed by atoms with Gasteiger partial charge in [-0.1, -0.05) is 23.7 Å². The van der Waals surface area contributed by atoms with Gasteiger partial charge in [0.05, 0.1) is 35.6 Å². The number of fused-ring (bicyclic) bond motifs is 6. The number of halogens is 2. The highest BCUT2D eigenvalue weighted by Gasteiger charge is 2.31. The van der Waals surface area contributed by atoms with E-state index < -0.39 is 35.4 Å². The summed E-state index contributed by atoms with van der Waals surface area (Å²) in [4.78, 5) is 37.3. The van der Waals surface area contributed by atoms with Gasteiger partial charge in [0.1, 0.15) is 59.9 Å². The van der Waals surface area contributed by atoms with E-state index in [0.717, 1.165) is 0 Å². The summed E-state index contributed by atoms with van der Waals surface area (Å²) in [6.07, 6.45) is -0.728. The molecule has 0 radical (unpaired) electrons. The maximum absolute atomic E-state index is 13.7. The van der Waals surface area contributed by atoms with E-state index in [1.54, 1.807) is 27.7 Å². The Bertz CT molecular complexity index is 2260. The molecule has 4 aliphatic heterocycles. The van der Waals surface area contributed by atoms with Gasteiger partial charge < -0.3 is 40.3 Å². The van der Waals surface area contributed by atoms with Crippen molar-refractivity contribution in [2.45, 2.75) is 90.3 Å². The number of primary amides is 2. The van der Waals surface area contributed by atoms with E-state index in [1.807, 2.05) is 55.3 Å². The van der Waals surface area contributed by atoms with Gasteiger partial charge in [-0.15, -0.1) is 0 Å². The Morgan fingerprint density at radius 1 is 0.717 bits per heavy atom.